The van der Waals surface area contributed by atoms with E-state index < -0.39 is 0 Å². The zero-order valence-corrected chi connectivity index (χ0v) is 12.0. The minimum Gasteiger partial charge on any atom is -0.353 e. The number of nitrogens with zero attached hydrogens (tertiary/aromatic N) is 3. The number of pyridine rings is 1. The number of carbonyl (C=O) groups excluding carboxylic acids is 1. The maximum absolute atomic E-state index is 12.3. The van der Waals surface area contributed by atoms with Crippen LogP contribution in [-0.2, 0) is 11.2 Å². The average Bonchev–Trinajstić information content (AvgIpc) is 2.57. The smallest absolute Gasteiger partial charge is 0.227 e. The van der Waals surface area contributed by atoms with E-state index >= 15 is 0 Å². The molecule has 0 spiro atoms. The van der Waals surface area contributed by atoms with Crippen LogP contribution < -0.4 is 4.90 Å². The summed E-state index contributed by atoms with van der Waals surface area (Å²) in [7, 11) is 0. The molecule has 4 heteroatoms. The summed E-state index contributed by atoms with van der Waals surface area (Å²) >= 11 is 0. The quantitative estimate of drug-likeness (QED) is 0.863. The fourth-order valence-electron chi connectivity index (χ4n) is 2.61. The molecule has 1 aliphatic heterocycles. The molecule has 0 aliphatic carbocycles. The highest BCUT2D eigenvalue weighted by Crippen LogP contribution is 2.13. The van der Waals surface area contributed by atoms with Gasteiger partial charge >= 0.3 is 0 Å². The number of piperazine rings is 1. The van der Waals surface area contributed by atoms with Gasteiger partial charge in [-0.05, 0) is 17.7 Å². The highest BCUT2D eigenvalue weighted by molar-refractivity contribution is 5.79. The number of aromatic nitrogens is 1. The number of benzene rings is 1. The lowest BCUT2D eigenvalue weighted by Gasteiger charge is -2.35. The van der Waals surface area contributed by atoms with Gasteiger partial charge < -0.3 is 9.80 Å². The van der Waals surface area contributed by atoms with Crippen LogP contribution in [0.25, 0.3) is 0 Å². The van der Waals surface area contributed by atoms with Crippen molar-refractivity contribution >= 4 is 11.7 Å². The van der Waals surface area contributed by atoms with Crippen LogP contribution in [0.2, 0.25) is 0 Å². The Morgan fingerprint density at radius 1 is 0.952 bits per heavy atom. The summed E-state index contributed by atoms with van der Waals surface area (Å²) in [6.07, 6.45) is 2.30. The van der Waals surface area contributed by atoms with Gasteiger partial charge in [0.25, 0.3) is 0 Å². The predicted molar refractivity (Wildman–Crippen MR) is 83.2 cm³/mol. The van der Waals surface area contributed by atoms with Crippen LogP contribution in [-0.4, -0.2) is 42.0 Å². The van der Waals surface area contributed by atoms with Crippen molar-refractivity contribution < 1.29 is 4.79 Å². The van der Waals surface area contributed by atoms with Crippen molar-refractivity contribution in [3.05, 3.63) is 60.3 Å². The normalized spacial score (nSPS) is 15.0. The molecule has 3 rings (SSSR count). The first-order valence-corrected chi connectivity index (χ1v) is 7.30. The second-order valence-corrected chi connectivity index (χ2v) is 5.22. The van der Waals surface area contributed by atoms with Gasteiger partial charge in [0.1, 0.15) is 5.82 Å². The van der Waals surface area contributed by atoms with E-state index in [9.17, 15) is 4.79 Å². The van der Waals surface area contributed by atoms with Crippen molar-refractivity contribution in [2.24, 2.45) is 0 Å². The molecule has 1 aromatic heterocycles. The van der Waals surface area contributed by atoms with E-state index in [1.165, 1.54) is 0 Å². The third-order valence-electron chi connectivity index (χ3n) is 3.80. The monoisotopic (exact) mass is 281 g/mol. The largest absolute Gasteiger partial charge is 0.353 e. The topological polar surface area (TPSA) is 36.4 Å². The molecule has 0 unspecified atom stereocenters. The molecule has 108 valence electrons. The average molecular weight is 281 g/mol. The number of rotatable bonds is 3. The molecular formula is C17H19N3O. The minimum atomic E-state index is 0.210. The van der Waals surface area contributed by atoms with Gasteiger partial charge in [0.15, 0.2) is 0 Å². The van der Waals surface area contributed by atoms with Gasteiger partial charge in [0.2, 0.25) is 5.91 Å². The van der Waals surface area contributed by atoms with Crippen LogP contribution >= 0.6 is 0 Å². The number of hydrogen-bond donors (Lipinski definition) is 0. The van der Waals surface area contributed by atoms with Gasteiger partial charge in [-0.1, -0.05) is 36.4 Å². The van der Waals surface area contributed by atoms with Gasteiger partial charge in [-0.25, -0.2) is 4.98 Å². The number of hydrogen-bond acceptors (Lipinski definition) is 3. The molecule has 1 fully saturated rings. The third kappa shape index (κ3) is 3.40. The van der Waals surface area contributed by atoms with Crippen molar-refractivity contribution in [3.8, 4) is 0 Å². The van der Waals surface area contributed by atoms with Crippen molar-refractivity contribution in [1.29, 1.82) is 0 Å². The van der Waals surface area contributed by atoms with E-state index in [2.05, 4.69) is 9.88 Å². The minimum absolute atomic E-state index is 0.210. The molecule has 0 bridgehead atoms. The zero-order chi connectivity index (χ0) is 14.5. The van der Waals surface area contributed by atoms with E-state index in [4.69, 9.17) is 0 Å². The van der Waals surface area contributed by atoms with Gasteiger partial charge in [-0.3, -0.25) is 4.79 Å². The fraction of sp³-hybridized carbons (Fsp3) is 0.294. The molecule has 0 atom stereocenters. The molecule has 0 saturated carbocycles. The second kappa shape index (κ2) is 6.39. The van der Waals surface area contributed by atoms with Crippen LogP contribution in [0.5, 0.6) is 0 Å². The van der Waals surface area contributed by atoms with Crippen molar-refractivity contribution in [1.82, 2.24) is 9.88 Å². The molecule has 1 saturated heterocycles. The lowest BCUT2D eigenvalue weighted by molar-refractivity contribution is -0.130. The van der Waals surface area contributed by atoms with Crippen LogP contribution in [0.15, 0.2) is 54.7 Å². The van der Waals surface area contributed by atoms with E-state index in [0.29, 0.717) is 6.42 Å². The summed E-state index contributed by atoms with van der Waals surface area (Å²) in [5.74, 6) is 1.20. The lowest BCUT2D eigenvalue weighted by atomic mass is 10.1. The molecule has 1 aliphatic rings. The Labute approximate surface area is 125 Å². The molecule has 0 N–H and O–H groups in total. The van der Waals surface area contributed by atoms with Gasteiger partial charge in [0, 0.05) is 32.4 Å². The van der Waals surface area contributed by atoms with E-state index in [-0.39, 0.29) is 5.91 Å². The molecule has 1 amide bonds. The van der Waals surface area contributed by atoms with E-state index in [1.807, 2.05) is 59.6 Å². The molecule has 2 heterocycles. The summed E-state index contributed by atoms with van der Waals surface area (Å²) in [5.41, 5.74) is 1.08. The molecule has 4 nitrogen and oxygen atoms in total. The maximum atomic E-state index is 12.3. The van der Waals surface area contributed by atoms with Crippen LogP contribution in [0, 0.1) is 0 Å². The molecule has 1 aromatic carbocycles. The summed E-state index contributed by atoms with van der Waals surface area (Å²) in [6.45, 7) is 3.22. The second-order valence-electron chi connectivity index (χ2n) is 5.22. The molecule has 2 aromatic rings. The molecular weight excluding hydrogens is 262 g/mol. The Bertz CT molecular complexity index is 577. The Balaban J connectivity index is 1.55. The van der Waals surface area contributed by atoms with Gasteiger partial charge in [0.05, 0.1) is 6.42 Å². The van der Waals surface area contributed by atoms with Crippen LogP contribution in [0.1, 0.15) is 5.56 Å². The first-order chi connectivity index (χ1) is 10.3. The fourth-order valence-corrected chi connectivity index (χ4v) is 2.61. The van der Waals surface area contributed by atoms with Crippen molar-refractivity contribution in [2.75, 3.05) is 31.1 Å². The summed E-state index contributed by atoms with van der Waals surface area (Å²) in [5, 5.41) is 0. The van der Waals surface area contributed by atoms with Crippen molar-refractivity contribution in [2.45, 2.75) is 6.42 Å². The Morgan fingerprint density at radius 2 is 1.67 bits per heavy atom. The number of amides is 1. The third-order valence-corrected chi connectivity index (χ3v) is 3.80. The van der Waals surface area contributed by atoms with E-state index in [1.54, 1.807) is 0 Å². The Morgan fingerprint density at radius 3 is 2.33 bits per heavy atom. The first kappa shape index (κ1) is 13.6. The highest BCUT2D eigenvalue weighted by atomic mass is 16.2. The zero-order valence-electron chi connectivity index (χ0n) is 12.0. The van der Waals surface area contributed by atoms with Gasteiger partial charge in [-0.15, -0.1) is 0 Å². The SMILES string of the molecule is O=C(Cc1ccccc1)N1CCN(c2ccccn2)CC1. The molecule has 21 heavy (non-hydrogen) atoms. The highest BCUT2D eigenvalue weighted by Gasteiger charge is 2.21. The number of anilines is 1. The Hall–Kier alpha value is -2.36. The van der Waals surface area contributed by atoms with Gasteiger partial charge in [-0.2, -0.15) is 0 Å². The first-order valence-electron chi connectivity index (χ1n) is 7.30. The Kier molecular flexibility index (Phi) is 4.15. The summed E-state index contributed by atoms with van der Waals surface area (Å²) < 4.78 is 0. The molecule has 0 radical (unpaired) electrons. The predicted octanol–water partition coefficient (Wildman–Crippen LogP) is 1.97. The van der Waals surface area contributed by atoms with Crippen LogP contribution in [0.4, 0.5) is 5.82 Å². The summed E-state index contributed by atoms with van der Waals surface area (Å²) in [6, 6.07) is 15.9. The van der Waals surface area contributed by atoms with Crippen LogP contribution in [0.3, 0.4) is 0 Å². The number of carbonyl (C=O) groups is 1. The van der Waals surface area contributed by atoms with E-state index in [0.717, 1.165) is 37.6 Å². The summed E-state index contributed by atoms with van der Waals surface area (Å²) in [4.78, 5) is 20.8. The lowest BCUT2D eigenvalue weighted by Crippen LogP contribution is -2.49. The van der Waals surface area contributed by atoms with Crippen molar-refractivity contribution in [3.63, 3.8) is 0 Å². The maximum Gasteiger partial charge on any atom is 0.227 e. The standard InChI is InChI=1S/C17H19N3O/c21-17(14-15-6-2-1-3-7-15)20-12-10-19(11-13-20)16-8-4-5-9-18-16/h1-9H,10-14H2.